The first-order valence-corrected chi connectivity index (χ1v) is 9.89. The average Bonchev–Trinajstić information content (AvgIpc) is 3.19. The van der Waals surface area contributed by atoms with Gasteiger partial charge in [-0.3, -0.25) is 9.59 Å². The summed E-state index contributed by atoms with van der Waals surface area (Å²) in [6.07, 6.45) is 0.404. The zero-order valence-electron chi connectivity index (χ0n) is 15.3. The van der Waals surface area contributed by atoms with Crippen molar-refractivity contribution in [3.63, 3.8) is 0 Å². The van der Waals surface area contributed by atoms with Gasteiger partial charge in [0.2, 0.25) is 5.91 Å². The summed E-state index contributed by atoms with van der Waals surface area (Å²) in [5, 5.41) is 5.22. The molecule has 0 fully saturated rings. The highest BCUT2D eigenvalue weighted by Crippen LogP contribution is 2.37. The van der Waals surface area contributed by atoms with Crippen molar-refractivity contribution >= 4 is 34.0 Å². The highest BCUT2D eigenvalue weighted by molar-refractivity contribution is 7.14. The number of fused-ring (bicyclic) bond motifs is 1. The lowest BCUT2D eigenvalue weighted by atomic mass is 10.1. The van der Waals surface area contributed by atoms with Gasteiger partial charge in [-0.05, 0) is 23.8 Å². The number of aromatic nitrogens is 1. The van der Waals surface area contributed by atoms with Crippen LogP contribution >= 0.6 is 11.3 Å². The number of ether oxygens (including phenoxy) is 1. The number of nitrogens with one attached hydrogen (secondary N) is 1. The molecule has 7 heteroatoms. The predicted molar refractivity (Wildman–Crippen MR) is 110 cm³/mol. The van der Waals surface area contributed by atoms with Crippen LogP contribution in [-0.4, -0.2) is 23.4 Å². The van der Waals surface area contributed by atoms with E-state index in [0.717, 1.165) is 22.5 Å². The summed E-state index contributed by atoms with van der Waals surface area (Å²) in [6.45, 7) is 2.31. The number of thiazole rings is 1. The second-order valence-electron chi connectivity index (χ2n) is 6.38. The third kappa shape index (κ3) is 3.75. The lowest BCUT2D eigenvalue weighted by Gasteiger charge is -2.29. The van der Waals surface area contributed by atoms with Crippen LogP contribution in [0.2, 0.25) is 0 Å². The smallest absolute Gasteiger partial charge is 0.265 e. The standard InChI is InChI=1S/C21H19N3O3S/c1-2-19(25)23-21-22-16(13-28-21)15-8-9-18-17(10-15)24(20(26)12-27-18)11-14-6-4-3-5-7-14/h3-10,13H,2,11-12H2,1H3,(H,22,23,25). The molecule has 0 atom stereocenters. The highest BCUT2D eigenvalue weighted by atomic mass is 32.1. The molecule has 0 radical (unpaired) electrons. The third-order valence-electron chi connectivity index (χ3n) is 4.45. The maximum Gasteiger partial charge on any atom is 0.265 e. The summed E-state index contributed by atoms with van der Waals surface area (Å²) in [6, 6.07) is 15.5. The van der Waals surface area contributed by atoms with Gasteiger partial charge in [0, 0.05) is 17.4 Å². The van der Waals surface area contributed by atoms with Gasteiger partial charge in [-0.2, -0.15) is 0 Å². The second kappa shape index (κ2) is 7.82. The Bertz CT molecular complexity index is 1020. The van der Waals surface area contributed by atoms with Crippen molar-refractivity contribution in [3.8, 4) is 17.0 Å². The number of amides is 2. The maximum atomic E-state index is 12.5. The van der Waals surface area contributed by atoms with E-state index in [4.69, 9.17) is 4.74 Å². The van der Waals surface area contributed by atoms with E-state index < -0.39 is 0 Å². The van der Waals surface area contributed by atoms with Crippen molar-refractivity contribution < 1.29 is 14.3 Å². The maximum absolute atomic E-state index is 12.5. The van der Waals surface area contributed by atoms with Crippen LogP contribution in [-0.2, 0) is 16.1 Å². The largest absolute Gasteiger partial charge is 0.482 e. The molecule has 2 aromatic carbocycles. The third-order valence-corrected chi connectivity index (χ3v) is 5.21. The Morgan fingerprint density at radius 3 is 2.86 bits per heavy atom. The number of nitrogens with zero attached hydrogens (tertiary/aromatic N) is 2. The first-order chi connectivity index (χ1) is 13.6. The van der Waals surface area contributed by atoms with Crippen molar-refractivity contribution in [2.75, 3.05) is 16.8 Å². The molecule has 1 aromatic heterocycles. The van der Waals surface area contributed by atoms with Crippen LogP contribution < -0.4 is 15.0 Å². The van der Waals surface area contributed by atoms with Gasteiger partial charge in [-0.1, -0.05) is 37.3 Å². The first-order valence-electron chi connectivity index (χ1n) is 9.01. The van der Waals surface area contributed by atoms with E-state index >= 15 is 0 Å². The molecule has 2 amide bonds. The quantitative estimate of drug-likeness (QED) is 0.709. The van der Waals surface area contributed by atoms with E-state index in [2.05, 4.69) is 10.3 Å². The van der Waals surface area contributed by atoms with Gasteiger partial charge in [-0.15, -0.1) is 11.3 Å². The van der Waals surface area contributed by atoms with E-state index in [1.54, 1.807) is 11.8 Å². The van der Waals surface area contributed by atoms with Gasteiger partial charge >= 0.3 is 0 Å². The Morgan fingerprint density at radius 2 is 2.07 bits per heavy atom. The van der Waals surface area contributed by atoms with Gasteiger partial charge in [0.15, 0.2) is 11.7 Å². The van der Waals surface area contributed by atoms with Gasteiger partial charge in [-0.25, -0.2) is 4.98 Å². The summed E-state index contributed by atoms with van der Waals surface area (Å²) < 4.78 is 5.60. The zero-order chi connectivity index (χ0) is 19.5. The van der Waals surface area contributed by atoms with Crippen molar-refractivity contribution in [1.82, 2.24) is 4.98 Å². The Balaban J connectivity index is 1.64. The molecule has 1 aliphatic rings. The normalized spacial score (nSPS) is 13.0. The Morgan fingerprint density at radius 1 is 1.25 bits per heavy atom. The van der Waals surface area contributed by atoms with Gasteiger partial charge in [0.25, 0.3) is 5.91 Å². The van der Waals surface area contributed by atoms with Crippen molar-refractivity contribution in [2.45, 2.75) is 19.9 Å². The summed E-state index contributed by atoms with van der Waals surface area (Å²) in [5.74, 6) is 0.524. The monoisotopic (exact) mass is 393 g/mol. The summed E-state index contributed by atoms with van der Waals surface area (Å²) in [5.41, 5.74) is 3.39. The van der Waals surface area contributed by atoms with Gasteiger partial charge < -0.3 is 15.0 Å². The Kier molecular flexibility index (Phi) is 5.08. The fraction of sp³-hybridized carbons (Fsp3) is 0.190. The number of hydrogen-bond donors (Lipinski definition) is 1. The van der Waals surface area contributed by atoms with E-state index in [1.165, 1.54) is 11.3 Å². The van der Waals surface area contributed by atoms with Crippen LogP contribution in [0.15, 0.2) is 53.9 Å². The summed E-state index contributed by atoms with van der Waals surface area (Å²) >= 11 is 1.37. The molecule has 1 aliphatic heterocycles. The molecule has 1 N–H and O–H groups in total. The minimum Gasteiger partial charge on any atom is -0.482 e. The predicted octanol–water partition coefficient (Wildman–Crippen LogP) is 4.08. The van der Waals surface area contributed by atoms with Crippen molar-refractivity contribution in [2.24, 2.45) is 0 Å². The Hall–Kier alpha value is -3.19. The molecule has 2 heterocycles. The first kappa shape index (κ1) is 18.2. The van der Waals surface area contributed by atoms with Crippen LogP contribution in [0.1, 0.15) is 18.9 Å². The molecule has 6 nitrogen and oxygen atoms in total. The fourth-order valence-electron chi connectivity index (χ4n) is 2.97. The molecule has 142 valence electrons. The van der Waals surface area contributed by atoms with E-state index in [-0.39, 0.29) is 18.4 Å². The highest BCUT2D eigenvalue weighted by Gasteiger charge is 2.26. The molecule has 4 rings (SSSR count). The lowest BCUT2D eigenvalue weighted by molar-refractivity contribution is -0.121. The molecule has 0 unspecified atom stereocenters. The van der Waals surface area contributed by atoms with Crippen LogP contribution in [0.3, 0.4) is 0 Å². The summed E-state index contributed by atoms with van der Waals surface area (Å²) in [4.78, 5) is 30.3. The topological polar surface area (TPSA) is 71.5 Å². The summed E-state index contributed by atoms with van der Waals surface area (Å²) in [7, 11) is 0. The SMILES string of the molecule is CCC(=O)Nc1nc(-c2ccc3c(c2)N(Cc2ccccc2)C(=O)CO3)cs1. The second-order valence-corrected chi connectivity index (χ2v) is 7.23. The minimum absolute atomic E-state index is 0.0308. The van der Waals surface area contributed by atoms with Crippen molar-refractivity contribution in [3.05, 3.63) is 59.5 Å². The van der Waals surface area contributed by atoms with Crippen LogP contribution in [0.5, 0.6) is 5.75 Å². The molecule has 3 aromatic rings. The van der Waals surface area contributed by atoms with Gasteiger partial charge in [0.1, 0.15) is 5.75 Å². The molecular weight excluding hydrogens is 374 g/mol. The lowest BCUT2D eigenvalue weighted by Crippen LogP contribution is -2.38. The molecule has 0 saturated carbocycles. The average molecular weight is 393 g/mol. The number of carbonyl (C=O) groups excluding carboxylic acids is 2. The molecule has 0 bridgehead atoms. The van der Waals surface area contributed by atoms with E-state index in [0.29, 0.717) is 23.8 Å². The van der Waals surface area contributed by atoms with Crippen molar-refractivity contribution in [1.29, 1.82) is 0 Å². The number of benzene rings is 2. The number of anilines is 2. The minimum atomic E-state index is -0.0809. The molecule has 0 aliphatic carbocycles. The number of carbonyl (C=O) groups is 2. The molecule has 0 saturated heterocycles. The van der Waals surface area contributed by atoms with E-state index in [9.17, 15) is 9.59 Å². The molecular formula is C21H19N3O3S. The van der Waals surface area contributed by atoms with E-state index in [1.807, 2.05) is 53.9 Å². The fourth-order valence-corrected chi connectivity index (χ4v) is 3.71. The molecule has 28 heavy (non-hydrogen) atoms. The number of hydrogen-bond acceptors (Lipinski definition) is 5. The zero-order valence-corrected chi connectivity index (χ0v) is 16.2. The Labute approximate surface area is 166 Å². The van der Waals surface area contributed by atoms with Gasteiger partial charge in [0.05, 0.1) is 17.9 Å². The van der Waals surface area contributed by atoms with Crippen LogP contribution in [0.25, 0.3) is 11.3 Å². The van der Waals surface area contributed by atoms with Crippen LogP contribution in [0.4, 0.5) is 10.8 Å². The number of rotatable bonds is 5. The molecule has 0 spiro atoms. The van der Waals surface area contributed by atoms with Crippen LogP contribution in [0, 0.1) is 0 Å².